The van der Waals surface area contributed by atoms with Crippen molar-refractivity contribution >= 4 is 17.5 Å². The smallest absolute Gasteiger partial charge is 0.255 e. The molecule has 11 heteroatoms. The van der Waals surface area contributed by atoms with Crippen LogP contribution in [-0.2, 0) is 11.4 Å². The van der Waals surface area contributed by atoms with Crippen molar-refractivity contribution in [3.8, 4) is 23.0 Å². The zero-order valence-corrected chi connectivity index (χ0v) is 23.1. The van der Waals surface area contributed by atoms with Crippen LogP contribution in [0.15, 0.2) is 78.3 Å². The van der Waals surface area contributed by atoms with E-state index in [1.165, 1.54) is 19.5 Å². The van der Waals surface area contributed by atoms with Gasteiger partial charge in [0.05, 0.1) is 32.1 Å². The second-order valence-electron chi connectivity index (χ2n) is 9.13. The number of halogens is 1. The third kappa shape index (κ3) is 5.65. The molecule has 3 aromatic carbocycles. The van der Waals surface area contributed by atoms with Crippen LogP contribution in [0.3, 0.4) is 0 Å². The first-order chi connectivity index (χ1) is 19.9. The van der Waals surface area contributed by atoms with Crippen molar-refractivity contribution in [1.82, 2.24) is 14.8 Å². The number of methoxy groups -OCH3 is 2. The van der Waals surface area contributed by atoms with Crippen LogP contribution in [-0.4, -0.2) is 41.5 Å². The maximum Gasteiger partial charge on any atom is 0.255 e. The van der Waals surface area contributed by atoms with Gasteiger partial charge in [0, 0.05) is 17.3 Å². The number of hydrogen-bond donors (Lipinski definition) is 2. The van der Waals surface area contributed by atoms with Gasteiger partial charge in [0.25, 0.3) is 5.91 Å². The van der Waals surface area contributed by atoms with Crippen LogP contribution in [0.4, 0.5) is 16.0 Å². The SMILES string of the molecule is CCOc1cc([C@H]2C(C(=O)Nc3ccc(OC)cc3OC)=C(C)Nc3ncnn32)ccc1OCc1ccccc1F. The van der Waals surface area contributed by atoms with Gasteiger partial charge in [0.1, 0.15) is 36.3 Å². The van der Waals surface area contributed by atoms with Crippen molar-refractivity contribution in [2.45, 2.75) is 26.5 Å². The molecule has 2 N–H and O–H groups in total. The van der Waals surface area contributed by atoms with E-state index in [-0.39, 0.29) is 18.3 Å². The molecule has 1 aliphatic rings. The van der Waals surface area contributed by atoms with Crippen LogP contribution in [0.1, 0.15) is 31.0 Å². The minimum absolute atomic E-state index is 0.0308. The van der Waals surface area contributed by atoms with Crippen molar-refractivity contribution < 1.29 is 28.1 Å². The van der Waals surface area contributed by atoms with Crippen molar-refractivity contribution in [3.63, 3.8) is 0 Å². The topological polar surface area (TPSA) is 109 Å². The average Bonchev–Trinajstić information content (AvgIpc) is 3.45. The number of nitrogens with one attached hydrogen (secondary N) is 2. The van der Waals surface area contributed by atoms with E-state index in [0.717, 1.165) is 0 Å². The Hall–Kier alpha value is -5.06. The van der Waals surface area contributed by atoms with Crippen LogP contribution in [0, 0.1) is 5.82 Å². The van der Waals surface area contributed by atoms with Crippen LogP contribution >= 0.6 is 0 Å². The van der Waals surface area contributed by atoms with Gasteiger partial charge in [-0.1, -0.05) is 24.3 Å². The molecule has 1 aliphatic heterocycles. The first-order valence-electron chi connectivity index (χ1n) is 13.0. The van der Waals surface area contributed by atoms with Gasteiger partial charge in [-0.2, -0.15) is 10.1 Å². The number of nitrogens with zero attached hydrogens (tertiary/aromatic N) is 3. The lowest BCUT2D eigenvalue weighted by Crippen LogP contribution is -2.31. The van der Waals surface area contributed by atoms with Crippen molar-refractivity contribution in [1.29, 1.82) is 0 Å². The number of carbonyl (C=O) groups is 1. The summed E-state index contributed by atoms with van der Waals surface area (Å²) >= 11 is 0. The molecule has 1 amide bonds. The lowest BCUT2D eigenvalue weighted by molar-refractivity contribution is -0.113. The Balaban J connectivity index is 1.50. The number of aromatic nitrogens is 3. The zero-order valence-electron chi connectivity index (χ0n) is 23.1. The summed E-state index contributed by atoms with van der Waals surface area (Å²) in [6.45, 7) is 4.07. The van der Waals surface area contributed by atoms with Gasteiger partial charge in [-0.25, -0.2) is 9.07 Å². The number of benzene rings is 3. The van der Waals surface area contributed by atoms with E-state index in [1.807, 2.05) is 13.0 Å². The Bertz CT molecular complexity index is 1600. The number of carbonyl (C=O) groups excluding carboxylic acids is 1. The molecule has 5 rings (SSSR count). The molecule has 2 heterocycles. The summed E-state index contributed by atoms with van der Waals surface area (Å²) in [6, 6.07) is 16.3. The summed E-state index contributed by atoms with van der Waals surface area (Å²) < 4.78 is 38.4. The highest BCUT2D eigenvalue weighted by Gasteiger charge is 2.34. The van der Waals surface area contributed by atoms with E-state index < -0.39 is 6.04 Å². The van der Waals surface area contributed by atoms with Gasteiger partial charge < -0.3 is 29.6 Å². The molecular formula is C30H30FN5O5. The fourth-order valence-electron chi connectivity index (χ4n) is 4.64. The van der Waals surface area contributed by atoms with Gasteiger partial charge in [0.15, 0.2) is 11.5 Å². The largest absolute Gasteiger partial charge is 0.497 e. The van der Waals surface area contributed by atoms with Gasteiger partial charge in [-0.3, -0.25) is 4.79 Å². The molecule has 1 aromatic heterocycles. The quantitative estimate of drug-likeness (QED) is 0.268. The fourth-order valence-corrected chi connectivity index (χ4v) is 4.64. The Morgan fingerprint density at radius 2 is 1.85 bits per heavy atom. The molecule has 0 bridgehead atoms. The third-order valence-electron chi connectivity index (χ3n) is 6.62. The summed E-state index contributed by atoms with van der Waals surface area (Å²) in [5, 5.41) is 10.5. The van der Waals surface area contributed by atoms with Crippen molar-refractivity contribution in [2.75, 3.05) is 31.5 Å². The van der Waals surface area contributed by atoms with E-state index in [9.17, 15) is 9.18 Å². The van der Waals surface area contributed by atoms with Crippen LogP contribution in [0.2, 0.25) is 0 Å². The van der Waals surface area contributed by atoms with Gasteiger partial charge in [-0.05, 0) is 49.7 Å². The Kier molecular flexibility index (Phi) is 8.04. The second kappa shape index (κ2) is 12.0. The van der Waals surface area contributed by atoms with Crippen molar-refractivity contribution in [3.05, 3.63) is 95.2 Å². The average molecular weight is 560 g/mol. The molecule has 0 radical (unpaired) electrons. The predicted molar refractivity (Wildman–Crippen MR) is 151 cm³/mol. The van der Waals surface area contributed by atoms with Gasteiger partial charge in [0.2, 0.25) is 5.95 Å². The van der Waals surface area contributed by atoms with Gasteiger partial charge >= 0.3 is 0 Å². The first-order valence-corrected chi connectivity index (χ1v) is 13.0. The molecule has 0 saturated carbocycles. The highest BCUT2D eigenvalue weighted by molar-refractivity contribution is 6.06. The maximum absolute atomic E-state index is 14.2. The van der Waals surface area contributed by atoms with E-state index in [4.69, 9.17) is 18.9 Å². The molecule has 212 valence electrons. The fraction of sp³-hybridized carbons (Fsp3) is 0.233. The first kappa shape index (κ1) is 27.5. The molecule has 0 fully saturated rings. The maximum atomic E-state index is 14.2. The summed E-state index contributed by atoms with van der Waals surface area (Å²) in [6.07, 6.45) is 1.42. The molecular weight excluding hydrogens is 529 g/mol. The number of fused-ring (bicyclic) bond motifs is 1. The Labute approximate surface area is 236 Å². The zero-order chi connectivity index (χ0) is 28.9. The Morgan fingerprint density at radius 1 is 1.02 bits per heavy atom. The summed E-state index contributed by atoms with van der Waals surface area (Å²) in [5.41, 5.74) is 2.65. The highest BCUT2D eigenvalue weighted by Crippen LogP contribution is 2.40. The third-order valence-corrected chi connectivity index (χ3v) is 6.62. The number of anilines is 2. The van der Waals surface area contributed by atoms with E-state index >= 15 is 0 Å². The molecule has 1 atom stereocenters. The molecule has 0 unspecified atom stereocenters. The number of ether oxygens (including phenoxy) is 4. The minimum Gasteiger partial charge on any atom is -0.497 e. The molecule has 41 heavy (non-hydrogen) atoms. The molecule has 0 saturated heterocycles. The molecule has 0 aliphatic carbocycles. The van der Waals surface area contributed by atoms with Crippen molar-refractivity contribution in [2.24, 2.45) is 0 Å². The number of hydrogen-bond acceptors (Lipinski definition) is 8. The van der Waals surface area contributed by atoms with Crippen LogP contribution in [0.25, 0.3) is 0 Å². The lowest BCUT2D eigenvalue weighted by atomic mass is 9.94. The standard InChI is InChI=1S/C30H30FN5O5/c1-5-40-26-14-19(10-13-24(26)41-16-20-8-6-7-9-22(20)31)28-27(18(2)34-30-32-17-33-36(28)30)29(37)35-23-12-11-21(38-3)15-25(23)39-4/h6-15,17,28H,5,16H2,1-4H3,(H,35,37)(H,32,33,34)/t28-/m0/s1. The predicted octanol–water partition coefficient (Wildman–Crippen LogP) is 5.34. The number of rotatable bonds is 10. The highest BCUT2D eigenvalue weighted by atomic mass is 19.1. The molecule has 4 aromatic rings. The Morgan fingerprint density at radius 3 is 2.61 bits per heavy atom. The summed E-state index contributed by atoms with van der Waals surface area (Å²) in [5.74, 6) is 1.73. The van der Waals surface area contributed by atoms with E-state index in [1.54, 1.807) is 67.2 Å². The monoisotopic (exact) mass is 559 g/mol. The van der Waals surface area contributed by atoms with E-state index in [2.05, 4.69) is 20.7 Å². The molecule has 10 nitrogen and oxygen atoms in total. The second-order valence-corrected chi connectivity index (χ2v) is 9.13. The van der Waals surface area contributed by atoms with E-state index in [0.29, 0.717) is 63.6 Å². The number of amides is 1. The summed E-state index contributed by atoms with van der Waals surface area (Å²) in [4.78, 5) is 18.1. The normalized spacial score (nSPS) is 14.1. The lowest BCUT2D eigenvalue weighted by Gasteiger charge is -2.29. The summed E-state index contributed by atoms with van der Waals surface area (Å²) in [7, 11) is 3.08. The van der Waals surface area contributed by atoms with Gasteiger partial charge in [-0.15, -0.1) is 0 Å². The molecule has 0 spiro atoms. The number of allylic oxidation sites excluding steroid dienone is 1. The van der Waals surface area contributed by atoms with Crippen LogP contribution < -0.4 is 29.6 Å². The minimum atomic E-state index is -0.641. The van der Waals surface area contributed by atoms with Crippen LogP contribution in [0.5, 0.6) is 23.0 Å².